The number of hydrogen-bond donors (Lipinski definition) is 2. The summed E-state index contributed by atoms with van der Waals surface area (Å²) in [5, 5.41) is 11.5. The topological polar surface area (TPSA) is 67.3 Å². The summed E-state index contributed by atoms with van der Waals surface area (Å²) in [6, 6.07) is 1.71. The number of aliphatic hydroxyl groups excluding tert-OH is 1. The van der Waals surface area contributed by atoms with Gasteiger partial charge in [0.05, 0.1) is 13.2 Å². The van der Waals surface area contributed by atoms with E-state index in [0.29, 0.717) is 24.8 Å². The second kappa shape index (κ2) is 6.15. The monoisotopic (exact) mass is 197 g/mol. The van der Waals surface area contributed by atoms with Crippen LogP contribution in [-0.4, -0.2) is 34.8 Å². The van der Waals surface area contributed by atoms with Crippen molar-refractivity contribution in [3.05, 3.63) is 12.4 Å². The van der Waals surface area contributed by atoms with Crippen LogP contribution in [0.3, 0.4) is 0 Å². The van der Waals surface area contributed by atoms with Crippen LogP contribution in [0.2, 0.25) is 0 Å². The van der Waals surface area contributed by atoms with Crippen LogP contribution in [-0.2, 0) is 0 Å². The first-order chi connectivity index (χ1) is 6.86. The summed E-state index contributed by atoms with van der Waals surface area (Å²) >= 11 is 0. The zero-order chi connectivity index (χ0) is 10.2. The Morgan fingerprint density at radius 2 is 2.36 bits per heavy atom. The third kappa shape index (κ3) is 3.57. The molecule has 1 aromatic heterocycles. The molecule has 0 spiro atoms. The summed E-state index contributed by atoms with van der Waals surface area (Å²) < 4.78 is 5.32. The summed E-state index contributed by atoms with van der Waals surface area (Å²) in [6.07, 6.45) is 2.38. The van der Waals surface area contributed by atoms with Crippen LogP contribution in [0.5, 0.6) is 5.88 Å². The molecule has 0 radical (unpaired) electrons. The van der Waals surface area contributed by atoms with Crippen molar-refractivity contribution in [1.82, 2.24) is 9.97 Å². The Balaban J connectivity index is 2.50. The van der Waals surface area contributed by atoms with E-state index >= 15 is 0 Å². The van der Waals surface area contributed by atoms with Crippen molar-refractivity contribution in [3.8, 4) is 5.88 Å². The lowest BCUT2D eigenvalue weighted by atomic mass is 10.5. The number of aromatic nitrogens is 2. The van der Waals surface area contributed by atoms with Gasteiger partial charge in [-0.2, -0.15) is 0 Å². The molecule has 1 aromatic rings. The highest BCUT2D eigenvalue weighted by Crippen LogP contribution is 2.10. The second-order valence-electron chi connectivity index (χ2n) is 2.74. The first-order valence-corrected chi connectivity index (χ1v) is 4.66. The van der Waals surface area contributed by atoms with Crippen molar-refractivity contribution in [3.63, 3.8) is 0 Å². The smallest absolute Gasteiger partial charge is 0.218 e. The lowest BCUT2D eigenvalue weighted by molar-refractivity contribution is 0.304. The van der Waals surface area contributed by atoms with E-state index in [1.54, 1.807) is 6.07 Å². The molecule has 1 rings (SSSR count). The number of ether oxygens (including phenoxy) is 1. The van der Waals surface area contributed by atoms with E-state index < -0.39 is 0 Å². The molecule has 5 heteroatoms. The molecular weight excluding hydrogens is 182 g/mol. The van der Waals surface area contributed by atoms with Crippen LogP contribution in [0.4, 0.5) is 5.82 Å². The molecule has 0 aliphatic carbocycles. The van der Waals surface area contributed by atoms with Crippen LogP contribution in [0.1, 0.15) is 13.3 Å². The molecule has 2 N–H and O–H groups in total. The van der Waals surface area contributed by atoms with Crippen LogP contribution in [0, 0.1) is 0 Å². The third-order valence-electron chi connectivity index (χ3n) is 1.51. The van der Waals surface area contributed by atoms with Gasteiger partial charge in [-0.25, -0.2) is 9.97 Å². The minimum Gasteiger partial charge on any atom is -0.478 e. The summed E-state index contributed by atoms with van der Waals surface area (Å²) in [7, 11) is 0. The molecule has 0 saturated carbocycles. The SMILES string of the molecule is CCCOc1cc(NCCO)ncn1. The molecule has 0 saturated heterocycles. The Bertz CT molecular complexity index is 245. The van der Waals surface area contributed by atoms with Gasteiger partial charge in [0, 0.05) is 12.6 Å². The summed E-state index contributed by atoms with van der Waals surface area (Å²) in [5.74, 6) is 1.22. The Kier molecular flexibility index (Phi) is 4.71. The summed E-state index contributed by atoms with van der Waals surface area (Å²) in [4.78, 5) is 7.92. The van der Waals surface area contributed by atoms with E-state index in [-0.39, 0.29) is 6.61 Å². The van der Waals surface area contributed by atoms with Crippen molar-refractivity contribution in [2.24, 2.45) is 0 Å². The van der Waals surface area contributed by atoms with Gasteiger partial charge in [0.25, 0.3) is 0 Å². The molecule has 14 heavy (non-hydrogen) atoms. The van der Waals surface area contributed by atoms with Gasteiger partial charge in [0.15, 0.2) is 0 Å². The number of aliphatic hydroxyl groups is 1. The standard InChI is InChI=1S/C9H15N3O2/c1-2-5-14-9-6-8(10-3-4-13)11-7-12-9/h6-7,13H,2-5H2,1H3,(H,10,11,12). The van der Waals surface area contributed by atoms with Crippen LogP contribution < -0.4 is 10.1 Å². The van der Waals surface area contributed by atoms with E-state index in [1.807, 2.05) is 6.92 Å². The molecule has 0 atom stereocenters. The van der Waals surface area contributed by atoms with Crippen molar-refractivity contribution in [2.45, 2.75) is 13.3 Å². The molecule has 0 unspecified atom stereocenters. The fraction of sp³-hybridized carbons (Fsp3) is 0.556. The maximum Gasteiger partial charge on any atom is 0.218 e. The highest BCUT2D eigenvalue weighted by molar-refractivity contribution is 5.36. The summed E-state index contributed by atoms with van der Waals surface area (Å²) in [5.41, 5.74) is 0. The van der Waals surface area contributed by atoms with Gasteiger partial charge in [-0.1, -0.05) is 6.92 Å². The fourth-order valence-electron chi connectivity index (χ4n) is 0.906. The van der Waals surface area contributed by atoms with Crippen molar-refractivity contribution >= 4 is 5.82 Å². The van der Waals surface area contributed by atoms with Crippen molar-refractivity contribution < 1.29 is 9.84 Å². The molecule has 0 amide bonds. The normalized spacial score (nSPS) is 9.86. The minimum absolute atomic E-state index is 0.0785. The number of hydrogen-bond acceptors (Lipinski definition) is 5. The molecule has 0 aliphatic heterocycles. The minimum atomic E-state index is 0.0785. The zero-order valence-corrected chi connectivity index (χ0v) is 8.23. The first-order valence-electron chi connectivity index (χ1n) is 4.66. The number of rotatable bonds is 6. The van der Waals surface area contributed by atoms with Gasteiger partial charge < -0.3 is 15.2 Å². The van der Waals surface area contributed by atoms with Crippen LogP contribution in [0.25, 0.3) is 0 Å². The van der Waals surface area contributed by atoms with Gasteiger partial charge >= 0.3 is 0 Å². The van der Waals surface area contributed by atoms with E-state index in [0.717, 1.165) is 6.42 Å². The molecular formula is C9H15N3O2. The van der Waals surface area contributed by atoms with Gasteiger partial charge in [0.2, 0.25) is 5.88 Å². The Labute approximate surface area is 83.2 Å². The molecule has 0 aromatic carbocycles. The molecule has 1 heterocycles. The van der Waals surface area contributed by atoms with Gasteiger partial charge in [-0.3, -0.25) is 0 Å². The van der Waals surface area contributed by atoms with E-state index in [9.17, 15) is 0 Å². The van der Waals surface area contributed by atoms with E-state index in [2.05, 4.69) is 15.3 Å². The molecule has 0 fully saturated rings. The molecule has 78 valence electrons. The number of nitrogens with zero attached hydrogens (tertiary/aromatic N) is 2. The number of nitrogens with one attached hydrogen (secondary N) is 1. The van der Waals surface area contributed by atoms with E-state index in [4.69, 9.17) is 9.84 Å². The van der Waals surface area contributed by atoms with E-state index in [1.165, 1.54) is 6.33 Å². The second-order valence-corrected chi connectivity index (χ2v) is 2.74. The van der Waals surface area contributed by atoms with Crippen molar-refractivity contribution in [1.29, 1.82) is 0 Å². The highest BCUT2D eigenvalue weighted by atomic mass is 16.5. The predicted octanol–water partition coefficient (Wildman–Crippen LogP) is 0.670. The van der Waals surface area contributed by atoms with Gasteiger partial charge in [0.1, 0.15) is 12.1 Å². The van der Waals surface area contributed by atoms with Crippen LogP contribution in [0.15, 0.2) is 12.4 Å². The number of anilines is 1. The predicted molar refractivity (Wildman–Crippen MR) is 53.4 cm³/mol. The van der Waals surface area contributed by atoms with Gasteiger partial charge in [-0.05, 0) is 6.42 Å². The highest BCUT2D eigenvalue weighted by Gasteiger charge is 1.97. The molecule has 0 bridgehead atoms. The van der Waals surface area contributed by atoms with Crippen molar-refractivity contribution in [2.75, 3.05) is 25.1 Å². The first kappa shape index (κ1) is 10.7. The Morgan fingerprint density at radius 1 is 1.50 bits per heavy atom. The Morgan fingerprint density at radius 3 is 3.07 bits per heavy atom. The maximum atomic E-state index is 8.60. The largest absolute Gasteiger partial charge is 0.478 e. The summed E-state index contributed by atoms with van der Waals surface area (Å²) in [6.45, 7) is 3.24. The average Bonchev–Trinajstić information content (AvgIpc) is 2.24. The maximum absolute atomic E-state index is 8.60. The quantitative estimate of drug-likeness (QED) is 0.701. The lowest BCUT2D eigenvalue weighted by Crippen LogP contribution is -2.07. The fourth-order valence-corrected chi connectivity index (χ4v) is 0.906. The third-order valence-corrected chi connectivity index (χ3v) is 1.51. The zero-order valence-electron chi connectivity index (χ0n) is 8.23. The average molecular weight is 197 g/mol. The van der Waals surface area contributed by atoms with Gasteiger partial charge in [-0.15, -0.1) is 0 Å². The Hall–Kier alpha value is -1.36. The molecule has 0 aliphatic rings. The lowest BCUT2D eigenvalue weighted by Gasteiger charge is -2.05. The molecule has 5 nitrogen and oxygen atoms in total. The van der Waals surface area contributed by atoms with Crippen LogP contribution >= 0.6 is 0 Å².